The van der Waals surface area contributed by atoms with E-state index in [4.69, 9.17) is 0 Å². The fourth-order valence-electron chi connectivity index (χ4n) is 4.46. The highest BCUT2D eigenvalue weighted by Crippen LogP contribution is 2.33. The van der Waals surface area contributed by atoms with Gasteiger partial charge >= 0.3 is 0 Å². The van der Waals surface area contributed by atoms with Crippen LogP contribution in [0.2, 0.25) is 0 Å². The van der Waals surface area contributed by atoms with Crippen molar-refractivity contribution in [2.75, 3.05) is 5.32 Å². The van der Waals surface area contributed by atoms with Crippen molar-refractivity contribution in [2.24, 2.45) is 0 Å². The van der Waals surface area contributed by atoms with Crippen molar-refractivity contribution in [2.45, 2.75) is 40.3 Å². The number of nitrogens with zero attached hydrogens (tertiary/aromatic N) is 5. The van der Waals surface area contributed by atoms with Crippen molar-refractivity contribution < 1.29 is 13.6 Å². The van der Waals surface area contributed by atoms with Crippen molar-refractivity contribution in [3.8, 4) is 11.3 Å². The Morgan fingerprint density at radius 3 is 2.46 bits per heavy atom. The number of anilines is 1. The van der Waals surface area contributed by atoms with Gasteiger partial charge in [0, 0.05) is 22.9 Å². The van der Waals surface area contributed by atoms with Gasteiger partial charge in [0.25, 0.3) is 6.43 Å². The summed E-state index contributed by atoms with van der Waals surface area (Å²) < 4.78 is 31.2. The van der Waals surface area contributed by atoms with Crippen LogP contribution in [0.5, 0.6) is 0 Å². The standard InChI is InChI=1S/C28H26F2N6O/c1-17-8-7-9-20(12-17)15-35-18(2)13-24(34-35)32-25(37)16-36-28-26(19(3)33-36)22(27(29)30)14-23(31-28)21-10-5-4-6-11-21/h4-14,27H,15-16H2,1-3H3,(H,32,34,37). The van der Waals surface area contributed by atoms with Gasteiger partial charge in [-0.1, -0.05) is 60.2 Å². The summed E-state index contributed by atoms with van der Waals surface area (Å²) in [5, 5.41) is 11.9. The minimum atomic E-state index is -2.71. The van der Waals surface area contributed by atoms with Gasteiger partial charge in [0.05, 0.1) is 23.3 Å². The van der Waals surface area contributed by atoms with Crippen LogP contribution in [0, 0.1) is 20.8 Å². The SMILES string of the molecule is Cc1cccc(Cn2nc(NC(=O)Cn3nc(C)c4c(C(F)F)cc(-c5ccccc5)nc43)cc2C)c1. The minimum Gasteiger partial charge on any atom is -0.308 e. The number of halogens is 2. The van der Waals surface area contributed by atoms with Crippen LogP contribution < -0.4 is 5.32 Å². The topological polar surface area (TPSA) is 77.6 Å². The van der Waals surface area contributed by atoms with E-state index in [9.17, 15) is 13.6 Å². The molecular formula is C28H26F2N6O. The quantitative estimate of drug-likeness (QED) is 0.304. The third-order valence-electron chi connectivity index (χ3n) is 6.17. The zero-order chi connectivity index (χ0) is 26.1. The molecule has 0 spiro atoms. The summed E-state index contributed by atoms with van der Waals surface area (Å²) in [7, 11) is 0. The first-order valence-electron chi connectivity index (χ1n) is 11.9. The van der Waals surface area contributed by atoms with Crippen molar-refractivity contribution in [3.63, 3.8) is 0 Å². The molecule has 9 heteroatoms. The summed E-state index contributed by atoms with van der Waals surface area (Å²) in [6.45, 7) is 5.98. The fraction of sp³-hybridized carbons (Fsp3) is 0.214. The van der Waals surface area contributed by atoms with Crippen LogP contribution in [0.15, 0.2) is 66.7 Å². The summed E-state index contributed by atoms with van der Waals surface area (Å²) in [5.74, 6) is 0.0321. The summed E-state index contributed by atoms with van der Waals surface area (Å²) >= 11 is 0. The summed E-state index contributed by atoms with van der Waals surface area (Å²) in [6.07, 6.45) is -2.71. The Kier molecular flexibility index (Phi) is 6.52. The zero-order valence-corrected chi connectivity index (χ0v) is 20.7. The van der Waals surface area contributed by atoms with E-state index in [0.717, 1.165) is 16.8 Å². The van der Waals surface area contributed by atoms with Crippen molar-refractivity contribution in [1.29, 1.82) is 0 Å². The summed E-state index contributed by atoms with van der Waals surface area (Å²) in [4.78, 5) is 17.5. The average Bonchev–Trinajstić information content (AvgIpc) is 3.36. The number of carbonyl (C=O) groups is 1. The van der Waals surface area contributed by atoms with E-state index in [-0.39, 0.29) is 29.0 Å². The van der Waals surface area contributed by atoms with Gasteiger partial charge in [0.1, 0.15) is 6.54 Å². The number of aryl methyl sites for hydroxylation is 3. The number of rotatable bonds is 7. The first-order chi connectivity index (χ1) is 17.8. The molecule has 3 aromatic heterocycles. The van der Waals surface area contributed by atoms with Crippen LogP contribution in [-0.4, -0.2) is 30.5 Å². The predicted octanol–water partition coefficient (Wildman–Crippen LogP) is 5.84. The second-order valence-electron chi connectivity index (χ2n) is 9.07. The molecule has 0 saturated heterocycles. The predicted molar refractivity (Wildman–Crippen MR) is 139 cm³/mol. The molecule has 37 heavy (non-hydrogen) atoms. The molecule has 5 aromatic rings. The van der Waals surface area contributed by atoms with E-state index < -0.39 is 6.43 Å². The normalized spacial score (nSPS) is 11.4. The maximum absolute atomic E-state index is 14.0. The molecule has 5 rings (SSSR count). The van der Waals surface area contributed by atoms with Crippen molar-refractivity contribution in [1.82, 2.24) is 24.5 Å². The average molecular weight is 501 g/mol. The highest BCUT2D eigenvalue weighted by Gasteiger charge is 2.22. The number of fused-ring (bicyclic) bond motifs is 1. The lowest BCUT2D eigenvalue weighted by atomic mass is 10.1. The van der Waals surface area contributed by atoms with E-state index >= 15 is 0 Å². The molecule has 0 aliphatic carbocycles. The highest BCUT2D eigenvalue weighted by molar-refractivity contribution is 5.91. The Morgan fingerprint density at radius 2 is 1.73 bits per heavy atom. The zero-order valence-electron chi connectivity index (χ0n) is 20.7. The second-order valence-corrected chi connectivity index (χ2v) is 9.07. The Balaban J connectivity index is 1.41. The molecule has 7 nitrogen and oxygen atoms in total. The number of alkyl halides is 2. The van der Waals surface area contributed by atoms with Gasteiger partial charge in [0.2, 0.25) is 5.91 Å². The molecule has 0 aliphatic heterocycles. The Morgan fingerprint density at radius 1 is 0.946 bits per heavy atom. The van der Waals surface area contributed by atoms with Crippen LogP contribution in [0.4, 0.5) is 14.6 Å². The molecule has 0 aliphatic rings. The van der Waals surface area contributed by atoms with Gasteiger partial charge < -0.3 is 5.32 Å². The third-order valence-corrected chi connectivity index (χ3v) is 6.17. The summed E-state index contributed by atoms with van der Waals surface area (Å²) in [6, 6.07) is 20.4. The highest BCUT2D eigenvalue weighted by atomic mass is 19.3. The minimum absolute atomic E-state index is 0.154. The molecule has 0 bridgehead atoms. The molecule has 0 atom stereocenters. The van der Waals surface area contributed by atoms with Gasteiger partial charge in [-0.2, -0.15) is 10.2 Å². The van der Waals surface area contributed by atoms with Crippen LogP contribution in [0.25, 0.3) is 22.3 Å². The number of carbonyl (C=O) groups excluding carboxylic acids is 1. The second kappa shape index (κ2) is 9.93. The molecule has 1 N–H and O–H groups in total. The molecule has 188 valence electrons. The largest absolute Gasteiger partial charge is 0.308 e. The Labute approximate surface area is 212 Å². The number of nitrogens with one attached hydrogen (secondary N) is 1. The molecule has 3 heterocycles. The number of hydrogen-bond donors (Lipinski definition) is 1. The summed E-state index contributed by atoms with van der Waals surface area (Å²) in [5.41, 5.74) is 4.75. The molecule has 0 radical (unpaired) electrons. The maximum atomic E-state index is 14.0. The smallest absolute Gasteiger partial charge is 0.264 e. The lowest BCUT2D eigenvalue weighted by Crippen LogP contribution is -2.20. The van der Waals surface area contributed by atoms with Gasteiger partial charge in [-0.3, -0.25) is 9.48 Å². The monoisotopic (exact) mass is 500 g/mol. The lowest BCUT2D eigenvalue weighted by Gasteiger charge is -2.09. The van der Waals surface area contributed by atoms with Gasteiger partial charge in [-0.15, -0.1) is 0 Å². The Hall–Kier alpha value is -4.40. The van der Waals surface area contributed by atoms with Gasteiger partial charge in [-0.25, -0.2) is 18.4 Å². The maximum Gasteiger partial charge on any atom is 0.264 e. The number of amides is 1. The van der Waals surface area contributed by atoms with Crippen LogP contribution >= 0.6 is 0 Å². The Bertz CT molecular complexity index is 1590. The van der Waals surface area contributed by atoms with E-state index in [0.29, 0.717) is 29.3 Å². The third kappa shape index (κ3) is 5.11. The van der Waals surface area contributed by atoms with Crippen molar-refractivity contribution in [3.05, 3.63) is 94.8 Å². The first-order valence-corrected chi connectivity index (χ1v) is 11.9. The number of pyridine rings is 1. The fourth-order valence-corrected chi connectivity index (χ4v) is 4.46. The molecule has 0 saturated carbocycles. The molecular weight excluding hydrogens is 474 g/mol. The number of benzene rings is 2. The molecule has 0 fully saturated rings. The number of aromatic nitrogens is 5. The van der Waals surface area contributed by atoms with Gasteiger partial charge in [0.15, 0.2) is 11.5 Å². The van der Waals surface area contributed by atoms with Crippen molar-refractivity contribution >= 4 is 22.8 Å². The number of hydrogen-bond acceptors (Lipinski definition) is 4. The first kappa shape index (κ1) is 24.3. The van der Waals surface area contributed by atoms with E-state index in [1.165, 1.54) is 10.7 Å². The van der Waals surface area contributed by atoms with E-state index in [2.05, 4.69) is 26.6 Å². The molecule has 2 aromatic carbocycles. The van der Waals surface area contributed by atoms with E-state index in [1.54, 1.807) is 25.1 Å². The lowest BCUT2D eigenvalue weighted by molar-refractivity contribution is -0.116. The molecule has 0 unspecified atom stereocenters. The van der Waals surface area contributed by atoms with Crippen LogP contribution in [0.1, 0.15) is 34.5 Å². The van der Waals surface area contributed by atoms with Gasteiger partial charge in [-0.05, 0) is 32.4 Å². The van der Waals surface area contributed by atoms with Crippen LogP contribution in [-0.2, 0) is 17.9 Å². The molecule has 1 amide bonds. The van der Waals surface area contributed by atoms with E-state index in [1.807, 2.05) is 54.9 Å². The van der Waals surface area contributed by atoms with Crippen LogP contribution in [0.3, 0.4) is 0 Å².